The molecule has 0 bridgehead atoms. The summed E-state index contributed by atoms with van der Waals surface area (Å²) >= 11 is 1.41. The Labute approximate surface area is 227 Å². The maximum absolute atomic E-state index is 12.5. The van der Waals surface area contributed by atoms with Crippen LogP contribution in [0.1, 0.15) is 34.3 Å². The van der Waals surface area contributed by atoms with Gasteiger partial charge in [-0.3, -0.25) is 14.5 Å². The Balaban J connectivity index is 1.03. The molecule has 2 N–H and O–H groups in total. The highest BCUT2D eigenvalue weighted by molar-refractivity contribution is 7.19. The third-order valence-corrected chi connectivity index (χ3v) is 7.95. The molecule has 2 aliphatic rings. The van der Waals surface area contributed by atoms with E-state index in [-0.39, 0.29) is 11.8 Å². The van der Waals surface area contributed by atoms with Crippen molar-refractivity contribution in [1.82, 2.24) is 25.3 Å². The standard InChI is InChI=1S/C28H35N7O2S/c36-25(20-22-6-2-1-3-7-22)30-27-31-32-28(38-27)35-18-16-34(17-19-35)21-23-8-10-24(11-9-23)26(37)29-12-15-33-13-4-5-14-33/h1-3,6-11H,4-5,12-21H2,(H,29,37)(H,30,31,36). The van der Waals surface area contributed by atoms with Gasteiger partial charge in [0.25, 0.3) is 5.91 Å². The summed E-state index contributed by atoms with van der Waals surface area (Å²) in [5.74, 6) is -0.0913. The molecule has 2 aliphatic heterocycles. The molecule has 0 spiro atoms. The minimum absolute atomic E-state index is 0.00274. The molecular formula is C28H35N7O2S. The Kier molecular flexibility index (Phi) is 8.95. The lowest BCUT2D eigenvalue weighted by molar-refractivity contribution is -0.115. The lowest BCUT2D eigenvalue weighted by atomic mass is 10.1. The van der Waals surface area contributed by atoms with Crippen molar-refractivity contribution in [3.63, 3.8) is 0 Å². The first-order valence-corrected chi connectivity index (χ1v) is 14.2. The van der Waals surface area contributed by atoms with Crippen molar-refractivity contribution in [3.05, 3.63) is 71.3 Å². The molecule has 2 fully saturated rings. The van der Waals surface area contributed by atoms with E-state index < -0.39 is 0 Å². The molecule has 9 nitrogen and oxygen atoms in total. The van der Waals surface area contributed by atoms with Crippen molar-refractivity contribution >= 4 is 33.4 Å². The number of rotatable bonds is 10. The van der Waals surface area contributed by atoms with Crippen molar-refractivity contribution in [2.24, 2.45) is 0 Å². The summed E-state index contributed by atoms with van der Waals surface area (Å²) in [5.41, 5.74) is 2.88. The van der Waals surface area contributed by atoms with E-state index in [9.17, 15) is 9.59 Å². The average molecular weight is 534 g/mol. The Hall–Kier alpha value is -3.34. The highest BCUT2D eigenvalue weighted by Crippen LogP contribution is 2.25. The van der Waals surface area contributed by atoms with Crippen LogP contribution in [-0.4, -0.2) is 84.2 Å². The van der Waals surface area contributed by atoms with Crippen molar-refractivity contribution in [2.45, 2.75) is 25.8 Å². The molecule has 0 atom stereocenters. The third-order valence-electron chi connectivity index (χ3n) is 7.05. The largest absolute Gasteiger partial charge is 0.351 e. The molecule has 2 saturated heterocycles. The van der Waals surface area contributed by atoms with Gasteiger partial charge in [-0.2, -0.15) is 0 Å². The number of nitrogens with one attached hydrogen (secondary N) is 2. The molecule has 200 valence electrons. The highest BCUT2D eigenvalue weighted by atomic mass is 32.1. The molecule has 2 amide bonds. The molecule has 10 heteroatoms. The second-order valence-corrected chi connectivity index (χ2v) is 10.8. The van der Waals surface area contributed by atoms with E-state index in [1.54, 1.807) is 0 Å². The van der Waals surface area contributed by atoms with Gasteiger partial charge in [0, 0.05) is 51.4 Å². The summed E-state index contributed by atoms with van der Waals surface area (Å²) in [6.45, 7) is 8.29. The second-order valence-electron chi connectivity index (χ2n) is 9.87. The van der Waals surface area contributed by atoms with E-state index in [2.05, 4.69) is 47.7 Å². The fraction of sp³-hybridized carbons (Fsp3) is 0.429. The van der Waals surface area contributed by atoms with Crippen LogP contribution in [0.5, 0.6) is 0 Å². The van der Waals surface area contributed by atoms with Gasteiger partial charge in [-0.1, -0.05) is 53.8 Å². The zero-order valence-corrected chi connectivity index (χ0v) is 22.5. The van der Waals surface area contributed by atoms with Crippen molar-refractivity contribution in [2.75, 3.05) is 62.6 Å². The Morgan fingerprint density at radius 2 is 1.55 bits per heavy atom. The van der Waals surface area contributed by atoms with Crippen LogP contribution in [0, 0.1) is 0 Å². The van der Waals surface area contributed by atoms with Crippen molar-refractivity contribution < 1.29 is 9.59 Å². The van der Waals surface area contributed by atoms with E-state index in [4.69, 9.17) is 0 Å². The molecule has 3 heterocycles. The zero-order chi connectivity index (χ0) is 26.2. The third kappa shape index (κ3) is 7.37. The molecule has 38 heavy (non-hydrogen) atoms. The number of piperazine rings is 1. The lowest BCUT2D eigenvalue weighted by Crippen LogP contribution is -2.45. The minimum atomic E-state index is -0.0886. The van der Waals surface area contributed by atoms with Gasteiger partial charge >= 0.3 is 0 Å². The van der Waals surface area contributed by atoms with Crippen LogP contribution in [0.4, 0.5) is 10.3 Å². The maximum atomic E-state index is 12.5. The molecule has 0 aliphatic carbocycles. The molecular weight excluding hydrogens is 498 g/mol. The van der Waals surface area contributed by atoms with Gasteiger partial charge in [-0.25, -0.2) is 0 Å². The van der Waals surface area contributed by atoms with E-state index in [0.29, 0.717) is 23.7 Å². The number of hydrogen-bond acceptors (Lipinski definition) is 8. The number of hydrogen-bond donors (Lipinski definition) is 2. The number of aromatic nitrogens is 2. The van der Waals surface area contributed by atoms with Crippen molar-refractivity contribution in [3.8, 4) is 0 Å². The fourth-order valence-electron chi connectivity index (χ4n) is 4.89. The number of carbonyl (C=O) groups is 2. The molecule has 2 aromatic carbocycles. The van der Waals surface area contributed by atoms with Gasteiger partial charge in [0.15, 0.2) is 0 Å². The van der Waals surface area contributed by atoms with Gasteiger partial charge < -0.3 is 20.4 Å². The van der Waals surface area contributed by atoms with Crippen LogP contribution < -0.4 is 15.5 Å². The molecule has 1 aromatic heterocycles. The molecule has 0 unspecified atom stereocenters. The number of likely N-dealkylation sites (tertiary alicyclic amines) is 1. The summed E-state index contributed by atoms with van der Waals surface area (Å²) in [6.07, 6.45) is 2.85. The summed E-state index contributed by atoms with van der Waals surface area (Å²) in [5, 5.41) is 15.7. The quantitative estimate of drug-likeness (QED) is 0.414. The first-order chi connectivity index (χ1) is 18.6. The van der Waals surface area contributed by atoms with E-state index in [1.807, 2.05) is 42.5 Å². The number of carbonyl (C=O) groups excluding carboxylic acids is 2. The predicted octanol–water partition coefficient (Wildman–Crippen LogP) is 2.87. The van der Waals surface area contributed by atoms with E-state index in [0.717, 1.165) is 63.1 Å². The monoisotopic (exact) mass is 533 g/mol. The van der Waals surface area contributed by atoms with Crippen LogP contribution in [-0.2, 0) is 17.8 Å². The van der Waals surface area contributed by atoms with Crippen LogP contribution in [0.25, 0.3) is 0 Å². The van der Waals surface area contributed by atoms with Crippen LogP contribution in [0.15, 0.2) is 54.6 Å². The van der Waals surface area contributed by atoms with Crippen molar-refractivity contribution in [1.29, 1.82) is 0 Å². The highest BCUT2D eigenvalue weighted by Gasteiger charge is 2.21. The van der Waals surface area contributed by atoms with Crippen LogP contribution in [0.3, 0.4) is 0 Å². The number of nitrogens with zero attached hydrogens (tertiary/aromatic N) is 5. The zero-order valence-electron chi connectivity index (χ0n) is 21.6. The maximum Gasteiger partial charge on any atom is 0.251 e. The summed E-state index contributed by atoms with van der Waals surface area (Å²) in [6, 6.07) is 17.6. The molecule has 5 rings (SSSR count). The first kappa shape index (κ1) is 26.3. The normalized spacial score (nSPS) is 16.5. The minimum Gasteiger partial charge on any atom is -0.351 e. The van der Waals surface area contributed by atoms with E-state index in [1.165, 1.54) is 29.7 Å². The van der Waals surface area contributed by atoms with E-state index >= 15 is 0 Å². The van der Waals surface area contributed by atoms with Gasteiger partial charge in [-0.05, 0) is 49.2 Å². The van der Waals surface area contributed by atoms with Crippen LogP contribution in [0.2, 0.25) is 0 Å². The molecule has 3 aromatic rings. The number of amides is 2. The number of anilines is 2. The Bertz CT molecular complexity index is 1190. The van der Waals surface area contributed by atoms with Gasteiger partial charge in [-0.15, -0.1) is 10.2 Å². The van der Waals surface area contributed by atoms with Gasteiger partial charge in [0.2, 0.25) is 16.2 Å². The fourth-order valence-corrected chi connectivity index (χ4v) is 5.70. The second kappa shape index (κ2) is 12.9. The van der Waals surface area contributed by atoms with Gasteiger partial charge in [0.1, 0.15) is 0 Å². The smallest absolute Gasteiger partial charge is 0.251 e. The van der Waals surface area contributed by atoms with Gasteiger partial charge in [0.05, 0.1) is 6.42 Å². The summed E-state index contributed by atoms with van der Waals surface area (Å²) in [4.78, 5) is 31.8. The lowest BCUT2D eigenvalue weighted by Gasteiger charge is -2.34. The number of benzene rings is 2. The van der Waals surface area contributed by atoms with Crippen LogP contribution >= 0.6 is 11.3 Å². The topological polar surface area (TPSA) is 93.7 Å². The summed E-state index contributed by atoms with van der Waals surface area (Å²) in [7, 11) is 0. The molecule has 0 radical (unpaired) electrons. The first-order valence-electron chi connectivity index (χ1n) is 13.4. The predicted molar refractivity (Wildman–Crippen MR) is 151 cm³/mol. The summed E-state index contributed by atoms with van der Waals surface area (Å²) < 4.78 is 0. The SMILES string of the molecule is O=C(Cc1ccccc1)Nc1nnc(N2CCN(Cc3ccc(C(=O)NCCN4CCCC4)cc3)CC2)s1. The molecule has 0 saturated carbocycles. The Morgan fingerprint density at radius 1 is 0.816 bits per heavy atom. The average Bonchev–Trinajstić information content (AvgIpc) is 3.63. The Morgan fingerprint density at radius 3 is 2.29 bits per heavy atom.